The molecule has 0 bridgehead atoms. The van der Waals surface area contributed by atoms with E-state index in [1.165, 1.54) is 24.3 Å². The number of benzene rings is 2. The topological polar surface area (TPSA) is 38.3 Å². The molecule has 1 amide bonds. The molecule has 1 saturated heterocycles. The maximum Gasteiger partial charge on any atom is 0.251 e. The summed E-state index contributed by atoms with van der Waals surface area (Å²) in [4.78, 5) is 12.1. The molecule has 1 aliphatic heterocycles. The van der Waals surface area contributed by atoms with Gasteiger partial charge in [-0.2, -0.15) is 0 Å². The van der Waals surface area contributed by atoms with E-state index in [1.54, 1.807) is 12.1 Å². The van der Waals surface area contributed by atoms with Crippen LogP contribution in [0.5, 0.6) is 0 Å². The van der Waals surface area contributed by atoms with Crippen LogP contribution in [0.25, 0.3) is 0 Å². The largest absolute Gasteiger partial charge is 0.380 e. The third kappa shape index (κ3) is 4.04. The zero-order valence-corrected chi connectivity index (χ0v) is 13.7. The van der Waals surface area contributed by atoms with Gasteiger partial charge in [-0.25, -0.2) is 8.78 Å². The zero-order chi connectivity index (χ0) is 17.9. The number of nitrogens with one attached hydrogen (secondary N) is 1. The van der Waals surface area contributed by atoms with Crippen molar-refractivity contribution in [1.82, 2.24) is 5.32 Å². The van der Waals surface area contributed by atoms with Crippen molar-refractivity contribution in [2.75, 3.05) is 19.8 Å². The minimum Gasteiger partial charge on any atom is -0.380 e. The number of ether oxygens (including phenoxy) is 1. The van der Waals surface area contributed by atoms with E-state index in [2.05, 4.69) is 17.2 Å². The molecule has 1 aliphatic rings. The normalized spacial score (nSPS) is 14.8. The van der Waals surface area contributed by atoms with E-state index in [0.717, 1.165) is 6.07 Å². The molecule has 0 unspecified atom stereocenters. The van der Waals surface area contributed by atoms with Gasteiger partial charge in [0, 0.05) is 17.5 Å². The molecule has 3 nitrogen and oxygen atoms in total. The molecule has 0 spiro atoms. The van der Waals surface area contributed by atoms with Crippen molar-refractivity contribution in [2.45, 2.75) is 6.92 Å². The summed E-state index contributed by atoms with van der Waals surface area (Å²) in [6, 6.07) is 10.1. The number of hydrogen-bond donors (Lipinski definition) is 1. The van der Waals surface area contributed by atoms with Crippen molar-refractivity contribution in [1.29, 1.82) is 0 Å². The van der Waals surface area contributed by atoms with Crippen molar-refractivity contribution in [2.24, 2.45) is 5.41 Å². The molecule has 0 radical (unpaired) electrons. The van der Waals surface area contributed by atoms with Gasteiger partial charge in [0.2, 0.25) is 0 Å². The van der Waals surface area contributed by atoms with Crippen LogP contribution in [0, 0.1) is 28.9 Å². The lowest BCUT2D eigenvalue weighted by Crippen LogP contribution is -2.48. The highest BCUT2D eigenvalue weighted by molar-refractivity contribution is 5.94. The van der Waals surface area contributed by atoms with Gasteiger partial charge in [0.1, 0.15) is 11.6 Å². The van der Waals surface area contributed by atoms with Gasteiger partial charge in [-0.15, -0.1) is 0 Å². The minimum absolute atomic E-state index is 0.0562. The molecule has 0 atom stereocenters. The van der Waals surface area contributed by atoms with Crippen molar-refractivity contribution >= 4 is 5.91 Å². The Balaban J connectivity index is 1.71. The first kappa shape index (κ1) is 17.1. The monoisotopic (exact) mass is 341 g/mol. The highest BCUT2D eigenvalue weighted by Crippen LogP contribution is 2.25. The van der Waals surface area contributed by atoms with Crippen molar-refractivity contribution in [3.8, 4) is 11.8 Å². The number of carbonyl (C=O) groups is 1. The molecule has 0 aliphatic carbocycles. The van der Waals surface area contributed by atoms with Gasteiger partial charge in [0.15, 0.2) is 0 Å². The van der Waals surface area contributed by atoms with E-state index in [1.807, 2.05) is 6.92 Å². The van der Waals surface area contributed by atoms with Gasteiger partial charge >= 0.3 is 0 Å². The summed E-state index contributed by atoms with van der Waals surface area (Å²) < 4.78 is 32.8. The third-order valence-corrected chi connectivity index (χ3v) is 4.01. The predicted molar refractivity (Wildman–Crippen MR) is 90.0 cm³/mol. The first-order chi connectivity index (χ1) is 12.0. The van der Waals surface area contributed by atoms with Gasteiger partial charge in [0.05, 0.1) is 24.3 Å². The smallest absolute Gasteiger partial charge is 0.251 e. The van der Waals surface area contributed by atoms with Crippen LogP contribution in [-0.2, 0) is 4.74 Å². The highest BCUT2D eigenvalue weighted by Gasteiger charge is 2.33. The Bertz CT molecular complexity index is 863. The molecule has 128 valence electrons. The lowest BCUT2D eigenvalue weighted by atomic mass is 9.88. The Labute approximate surface area is 145 Å². The number of halogens is 2. The Morgan fingerprint density at radius 2 is 1.80 bits per heavy atom. The van der Waals surface area contributed by atoms with Crippen LogP contribution < -0.4 is 5.32 Å². The number of amides is 1. The van der Waals surface area contributed by atoms with Gasteiger partial charge in [-0.05, 0) is 30.3 Å². The summed E-state index contributed by atoms with van der Waals surface area (Å²) in [6.45, 7) is 3.69. The lowest BCUT2D eigenvalue weighted by Gasteiger charge is -2.38. The van der Waals surface area contributed by atoms with Gasteiger partial charge in [-0.1, -0.05) is 30.9 Å². The lowest BCUT2D eigenvalue weighted by molar-refractivity contribution is -0.0978. The summed E-state index contributed by atoms with van der Waals surface area (Å²) in [7, 11) is 0. The molecule has 25 heavy (non-hydrogen) atoms. The average molecular weight is 341 g/mol. The quantitative estimate of drug-likeness (QED) is 0.871. The average Bonchev–Trinajstić information content (AvgIpc) is 2.58. The maximum absolute atomic E-state index is 14.2. The number of hydrogen-bond acceptors (Lipinski definition) is 2. The Hall–Kier alpha value is -2.71. The fourth-order valence-corrected chi connectivity index (χ4v) is 2.40. The van der Waals surface area contributed by atoms with Gasteiger partial charge < -0.3 is 10.1 Å². The Morgan fingerprint density at radius 3 is 2.40 bits per heavy atom. The van der Waals surface area contributed by atoms with Crippen LogP contribution in [0.2, 0.25) is 0 Å². The predicted octanol–water partition coefficient (Wildman–Crippen LogP) is 3.13. The fraction of sp³-hybridized carbons (Fsp3) is 0.250. The standard InChI is InChI=1S/C20H17F2NO2/c1-20(12-25-13-20)11-23-19(24)16-9-8-15(18(22)10-16)7-6-14-4-2-3-5-17(14)21/h2-5,8-10H,11-13H2,1H3,(H,23,24). The summed E-state index contributed by atoms with van der Waals surface area (Å²) >= 11 is 0. The second-order valence-electron chi connectivity index (χ2n) is 6.41. The van der Waals surface area contributed by atoms with Crippen molar-refractivity contribution < 1.29 is 18.3 Å². The molecule has 0 saturated carbocycles. The molecule has 1 fully saturated rings. The van der Waals surface area contributed by atoms with Crippen molar-refractivity contribution in [3.05, 3.63) is 70.8 Å². The molecule has 5 heteroatoms. The minimum atomic E-state index is -0.616. The van der Waals surface area contributed by atoms with E-state index in [4.69, 9.17) is 4.74 Å². The van der Waals surface area contributed by atoms with Crippen LogP contribution >= 0.6 is 0 Å². The van der Waals surface area contributed by atoms with Crippen LogP contribution in [0.1, 0.15) is 28.4 Å². The first-order valence-corrected chi connectivity index (χ1v) is 7.89. The molecule has 3 rings (SSSR count). The van der Waals surface area contributed by atoms with E-state index >= 15 is 0 Å². The van der Waals surface area contributed by atoms with Crippen molar-refractivity contribution in [3.63, 3.8) is 0 Å². The van der Waals surface area contributed by atoms with E-state index in [9.17, 15) is 13.6 Å². The summed E-state index contributed by atoms with van der Waals surface area (Å²) in [5, 5.41) is 2.78. The molecular weight excluding hydrogens is 324 g/mol. The summed E-state index contributed by atoms with van der Waals surface area (Å²) in [5.41, 5.74) is 0.468. The second-order valence-corrected chi connectivity index (χ2v) is 6.41. The zero-order valence-electron chi connectivity index (χ0n) is 13.7. The third-order valence-electron chi connectivity index (χ3n) is 4.01. The number of rotatable bonds is 3. The maximum atomic E-state index is 14.2. The Kier molecular flexibility index (Phi) is 4.82. The summed E-state index contributed by atoms with van der Waals surface area (Å²) in [5.74, 6) is 3.78. The molecular formula is C20H17F2NO2. The highest BCUT2D eigenvalue weighted by atomic mass is 19.1. The second kappa shape index (κ2) is 7.04. The molecule has 1 N–H and O–H groups in total. The van der Waals surface area contributed by atoms with Gasteiger partial charge in [-0.3, -0.25) is 4.79 Å². The number of carbonyl (C=O) groups excluding carboxylic acids is 1. The SMILES string of the molecule is CC1(CNC(=O)c2ccc(C#Cc3ccccc3F)c(F)c2)COC1. The van der Waals surface area contributed by atoms with Crippen LogP contribution in [-0.4, -0.2) is 25.7 Å². The molecule has 2 aromatic carbocycles. The molecule has 0 aromatic heterocycles. The van der Waals surface area contributed by atoms with E-state index in [-0.39, 0.29) is 28.0 Å². The van der Waals surface area contributed by atoms with Gasteiger partial charge in [0.25, 0.3) is 5.91 Å². The van der Waals surface area contributed by atoms with Crippen LogP contribution in [0.3, 0.4) is 0 Å². The van der Waals surface area contributed by atoms with E-state index in [0.29, 0.717) is 19.8 Å². The van der Waals surface area contributed by atoms with Crippen LogP contribution in [0.4, 0.5) is 8.78 Å². The Morgan fingerprint density at radius 1 is 1.12 bits per heavy atom. The summed E-state index contributed by atoms with van der Waals surface area (Å²) in [6.07, 6.45) is 0. The molecule has 1 heterocycles. The van der Waals surface area contributed by atoms with E-state index < -0.39 is 11.6 Å². The fourth-order valence-electron chi connectivity index (χ4n) is 2.40. The first-order valence-electron chi connectivity index (χ1n) is 7.89. The van der Waals surface area contributed by atoms with Crippen LogP contribution in [0.15, 0.2) is 42.5 Å². The molecule has 2 aromatic rings.